The second-order valence-corrected chi connectivity index (χ2v) is 7.55. The highest BCUT2D eigenvalue weighted by atomic mass is 35.5. The number of benzene rings is 2. The van der Waals surface area contributed by atoms with Crippen LogP contribution in [0.4, 0.5) is 0 Å². The van der Waals surface area contributed by atoms with Crippen LogP contribution in [0, 0.1) is 0 Å². The molecule has 0 saturated carbocycles. The van der Waals surface area contributed by atoms with E-state index in [0.29, 0.717) is 28.8 Å². The van der Waals surface area contributed by atoms with Gasteiger partial charge in [0, 0.05) is 5.02 Å². The third-order valence-electron chi connectivity index (χ3n) is 3.89. The monoisotopic (exact) mass is 415 g/mol. The van der Waals surface area contributed by atoms with Gasteiger partial charge in [-0.2, -0.15) is 5.10 Å². The van der Waals surface area contributed by atoms with Crippen molar-refractivity contribution in [3.63, 3.8) is 0 Å². The maximum Gasteiger partial charge on any atom is 0.338 e. The van der Waals surface area contributed by atoms with Gasteiger partial charge in [-0.05, 0) is 48.7 Å². The van der Waals surface area contributed by atoms with E-state index in [2.05, 4.69) is 15.5 Å². The molecule has 6 nitrogen and oxygen atoms in total. The molecular weight excluding hydrogens is 398 g/mol. The number of nitrogens with zero attached hydrogens (tertiary/aromatic N) is 2. The first kappa shape index (κ1) is 20.1. The van der Waals surface area contributed by atoms with Crippen LogP contribution in [-0.4, -0.2) is 35.1 Å². The molecule has 3 rings (SSSR count). The fourth-order valence-corrected chi connectivity index (χ4v) is 3.58. The van der Waals surface area contributed by atoms with Crippen molar-refractivity contribution < 1.29 is 14.3 Å². The Kier molecular flexibility index (Phi) is 6.84. The van der Waals surface area contributed by atoms with Gasteiger partial charge in [-0.15, -0.1) is 5.10 Å². The van der Waals surface area contributed by atoms with E-state index < -0.39 is 0 Å². The molecule has 1 aliphatic rings. The lowest BCUT2D eigenvalue weighted by Gasteiger charge is -2.06. The number of thioether (sulfide) groups is 1. The van der Waals surface area contributed by atoms with Crippen molar-refractivity contribution in [2.45, 2.75) is 18.6 Å². The lowest BCUT2D eigenvalue weighted by atomic mass is 10.1. The van der Waals surface area contributed by atoms with Gasteiger partial charge in [0.05, 0.1) is 23.6 Å². The zero-order valence-electron chi connectivity index (χ0n) is 15.1. The molecule has 28 heavy (non-hydrogen) atoms. The molecule has 144 valence electrons. The Balaban J connectivity index is 1.58. The standard InChI is InChI=1S/C20H18ClN3O3S/c1-2-27-19(26)15-7-3-13(4-8-15)11-17-18(25)23-20(28-17)24-22-12-14-5-9-16(21)10-6-14/h3-10,12,17H,2,11H2,1H3,(H,23,24,25)/b22-12+. The van der Waals surface area contributed by atoms with E-state index >= 15 is 0 Å². The highest BCUT2D eigenvalue weighted by Crippen LogP contribution is 2.23. The first-order chi connectivity index (χ1) is 13.5. The number of halogens is 1. The van der Waals surface area contributed by atoms with Crippen LogP contribution in [0.2, 0.25) is 5.02 Å². The van der Waals surface area contributed by atoms with E-state index in [1.165, 1.54) is 11.8 Å². The smallest absolute Gasteiger partial charge is 0.338 e. The van der Waals surface area contributed by atoms with Crippen LogP contribution in [0.5, 0.6) is 0 Å². The van der Waals surface area contributed by atoms with Crippen LogP contribution >= 0.6 is 23.4 Å². The molecule has 0 aliphatic carbocycles. The summed E-state index contributed by atoms with van der Waals surface area (Å²) in [5, 5.41) is 11.6. The molecule has 0 spiro atoms. The fraction of sp³-hybridized carbons (Fsp3) is 0.200. The summed E-state index contributed by atoms with van der Waals surface area (Å²) in [7, 11) is 0. The summed E-state index contributed by atoms with van der Waals surface area (Å²) in [5.74, 6) is -0.463. The van der Waals surface area contributed by atoms with Gasteiger partial charge in [-0.3, -0.25) is 4.79 Å². The van der Waals surface area contributed by atoms with Crippen molar-refractivity contribution in [2.24, 2.45) is 10.2 Å². The molecule has 1 saturated heterocycles. The summed E-state index contributed by atoms with van der Waals surface area (Å²) in [6, 6.07) is 14.3. The van der Waals surface area contributed by atoms with Gasteiger partial charge in [0.1, 0.15) is 0 Å². The Morgan fingerprint density at radius 2 is 1.93 bits per heavy atom. The van der Waals surface area contributed by atoms with Crippen molar-refractivity contribution in [2.75, 3.05) is 6.61 Å². The van der Waals surface area contributed by atoms with Crippen molar-refractivity contribution in [3.05, 3.63) is 70.2 Å². The second kappa shape index (κ2) is 9.52. The Labute approximate surface area is 172 Å². The SMILES string of the molecule is CCOC(=O)c1ccc(CC2S/C(=N/N=C/c3ccc(Cl)cc3)NC2=O)cc1. The van der Waals surface area contributed by atoms with Crippen LogP contribution in [0.1, 0.15) is 28.4 Å². The number of esters is 1. The summed E-state index contributed by atoms with van der Waals surface area (Å²) in [6.45, 7) is 2.10. The Morgan fingerprint density at radius 3 is 2.61 bits per heavy atom. The topological polar surface area (TPSA) is 80.1 Å². The number of carbonyl (C=O) groups excluding carboxylic acids is 2. The van der Waals surface area contributed by atoms with Gasteiger partial charge < -0.3 is 10.1 Å². The summed E-state index contributed by atoms with van der Waals surface area (Å²) < 4.78 is 4.96. The zero-order valence-corrected chi connectivity index (χ0v) is 16.7. The van der Waals surface area contributed by atoms with Gasteiger partial charge in [-0.1, -0.05) is 47.6 Å². The summed E-state index contributed by atoms with van der Waals surface area (Å²) in [6.07, 6.45) is 2.12. The average molecular weight is 416 g/mol. The molecule has 0 bridgehead atoms. The van der Waals surface area contributed by atoms with Gasteiger partial charge >= 0.3 is 5.97 Å². The number of carbonyl (C=O) groups is 2. The number of hydrogen-bond acceptors (Lipinski definition) is 6. The molecule has 8 heteroatoms. The third kappa shape index (κ3) is 5.43. The number of amidine groups is 1. The molecule has 1 atom stereocenters. The first-order valence-electron chi connectivity index (χ1n) is 8.65. The van der Waals surface area contributed by atoms with Gasteiger partial charge in [-0.25, -0.2) is 4.79 Å². The van der Waals surface area contributed by atoms with Crippen LogP contribution < -0.4 is 5.32 Å². The van der Waals surface area contributed by atoms with Crippen molar-refractivity contribution in [3.8, 4) is 0 Å². The van der Waals surface area contributed by atoms with Crippen molar-refractivity contribution in [1.29, 1.82) is 0 Å². The maximum absolute atomic E-state index is 12.2. The van der Waals surface area contributed by atoms with Gasteiger partial charge in [0.2, 0.25) is 5.91 Å². The number of hydrogen-bond donors (Lipinski definition) is 1. The molecular formula is C20H18ClN3O3S. The minimum absolute atomic E-state index is 0.111. The molecule has 0 radical (unpaired) electrons. The van der Waals surface area contributed by atoms with E-state index in [-0.39, 0.29) is 17.1 Å². The maximum atomic E-state index is 12.2. The number of nitrogens with one attached hydrogen (secondary N) is 1. The van der Waals surface area contributed by atoms with E-state index in [1.807, 2.05) is 24.3 Å². The van der Waals surface area contributed by atoms with Crippen molar-refractivity contribution >= 4 is 46.6 Å². The molecule has 2 aromatic rings. The predicted molar refractivity (Wildman–Crippen MR) is 112 cm³/mol. The molecule has 1 fully saturated rings. The van der Waals surface area contributed by atoms with E-state index in [9.17, 15) is 9.59 Å². The summed E-state index contributed by atoms with van der Waals surface area (Å²) in [4.78, 5) is 23.9. The Hall–Kier alpha value is -2.64. The second-order valence-electron chi connectivity index (χ2n) is 5.92. The summed E-state index contributed by atoms with van der Waals surface area (Å²) >= 11 is 7.17. The largest absolute Gasteiger partial charge is 0.462 e. The van der Waals surface area contributed by atoms with Crippen molar-refractivity contribution in [1.82, 2.24) is 5.32 Å². The normalized spacial score (nSPS) is 17.9. The molecule has 1 unspecified atom stereocenters. The van der Waals surface area contributed by atoms with Crippen LogP contribution in [0.25, 0.3) is 0 Å². The molecule has 1 heterocycles. The summed E-state index contributed by atoms with van der Waals surface area (Å²) in [5.41, 5.74) is 2.31. The molecule has 1 aliphatic heterocycles. The van der Waals surface area contributed by atoms with E-state index in [0.717, 1.165) is 11.1 Å². The van der Waals surface area contributed by atoms with Crippen LogP contribution in [0.3, 0.4) is 0 Å². The molecule has 2 aromatic carbocycles. The third-order valence-corrected chi connectivity index (χ3v) is 5.21. The minimum atomic E-state index is -0.352. The molecule has 1 amide bonds. The molecule has 0 aromatic heterocycles. The Bertz CT molecular complexity index is 911. The average Bonchev–Trinajstić information content (AvgIpc) is 3.03. The lowest BCUT2D eigenvalue weighted by Crippen LogP contribution is -2.25. The van der Waals surface area contributed by atoms with Gasteiger partial charge in [0.15, 0.2) is 5.17 Å². The van der Waals surface area contributed by atoms with E-state index in [1.54, 1.807) is 37.4 Å². The number of amides is 1. The van der Waals surface area contributed by atoms with Crippen LogP contribution in [-0.2, 0) is 16.0 Å². The molecule has 1 N–H and O–H groups in total. The zero-order chi connectivity index (χ0) is 19.9. The fourth-order valence-electron chi connectivity index (χ4n) is 2.49. The highest BCUT2D eigenvalue weighted by Gasteiger charge is 2.30. The predicted octanol–water partition coefficient (Wildman–Crippen LogP) is 3.68. The number of ether oxygens (including phenoxy) is 1. The van der Waals surface area contributed by atoms with Crippen LogP contribution in [0.15, 0.2) is 58.7 Å². The lowest BCUT2D eigenvalue weighted by molar-refractivity contribution is -0.118. The first-order valence-corrected chi connectivity index (χ1v) is 9.91. The number of rotatable bonds is 6. The van der Waals surface area contributed by atoms with E-state index in [4.69, 9.17) is 16.3 Å². The minimum Gasteiger partial charge on any atom is -0.462 e. The quantitative estimate of drug-likeness (QED) is 0.443. The highest BCUT2D eigenvalue weighted by molar-refractivity contribution is 8.15. The Morgan fingerprint density at radius 1 is 1.21 bits per heavy atom. The van der Waals surface area contributed by atoms with Gasteiger partial charge in [0.25, 0.3) is 0 Å².